The van der Waals surface area contributed by atoms with Gasteiger partial charge in [-0.3, -0.25) is 4.79 Å². The molecule has 0 spiro atoms. The fourth-order valence-electron chi connectivity index (χ4n) is 4.98. The Labute approximate surface area is 241 Å². The average molecular weight is 684 g/mol. The van der Waals surface area contributed by atoms with Crippen LogP contribution in [0, 0.1) is 16.3 Å². The largest absolute Gasteiger partial charge is 0.419 e. The summed E-state index contributed by atoms with van der Waals surface area (Å²) >= 11 is 2.23. The maximum atomic E-state index is 14.2. The minimum atomic E-state index is -4.79. The molecule has 3 rings (SSSR count). The summed E-state index contributed by atoms with van der Waals surface area (Å²) in [6.07, 6.45) is -1.84. The lowest BCUT2D eigenvalue weighted by atomic mass is 9.77. The Morgan fingerprint density at radius 1 is 1.15 bits per heavy atom. The molecule has 1 unspecified atom stereocenters. The highest BCUT2D eigenvalue weighted by Crippen LogP contribution is 2.34. The first-order chi connectivity index (χ1) is 18.0. The van der Waals surface area contributed by atoms with Crippen LogP contribution in [0.15, 0.2) is 36.4 Å². The van der Waals surface area contributed by atoms with Crippen molar-refractivity contribution < 1.29 is 30.8 Å². The maximum absolute atomic E-state index is 14.2. The number of piperidine rings is 1. The second kappa shape index (κ2) is 12.4. The molecule has 1 N–H and O–H groups in total. The fraction of sp³-hybridized carbons (Fsp3) is 0.519. The highest BCUT2D eigenvalue weighted by molar-refractivity contribution is 14.1. The van der Waals surface area contributed by atoms with Crippen molar-refractivity contribution in [3.63, 3.8) is 0 Å². The number of nitrogens with one attached hydrogen (secondary N) is 1. The molecule has 0 aromatic heterocycles. The first-order valence-electron chi connectivity index (χ1n) is 12.6. The second-order valence-corrected chi connectivity index (χ2v) is 13.5. The highest BCUT2D eigenvalue weighted by atomic mass is 127. The van der Waals surface area contributed by atoms with Crippen molar-refractivity contribution in [2.45, 2.75) is 57.3 Å². The van der Waals surface area contributed by atoms with Crippen LogP contribution in [0.25, 0.3) is 0 Å². The number of likely N-dealkylation sites (N-methyl/N-ethyl adjacent to an activating group) is 1. The zero-order valence-electron chi connectivity index (χ0n) is 22.4. The molecule has 1 amide bonds. The Bertz CT molecular complexity index is 1300. The van der Waals surface area contributed by atoms with Crippen LogP contribution < -0.4 is 4.72 Å². The van der Waals surface area contributed by atoms with E-state index in [2.05, 4.69) is 32.2 Å². The SMILES string of the molecule is Cc1cc(C(C)(CCN2CCC(NS(C)(=O)=O)CC2)C(=O)N(C)Cc2ccc(C(F)(F)F)c(F)c2)ccc1I. The molecule has 2 aromatic rings. The molecule has 39 heavy (non-hydrogen) atoms. The van der Waals surface area contributed by atoms with Gasteiger partial charge >= 0.3 is 6.18 Å². The summed E-state index contributed by atoms with van der Waals surface area (Å²) in [7, 11) is -1.71. The fourth-order valence-corrected chi connectivity index (χ4v) is 6.15. The summed E-state index contributed by atoms with van der Waals surface area (Å²) in [5, 5.41) is 0. The van der Waals surface area contributed by atoms with Gasteiger partial charge in [0.1, 0.15) is 5.82 Å². The van der Waals surface area contributed by atoms with E-state index in [9.17, 15) is 30.8 Å². The van der Waals surface area contributed by atoms with E-state index in [1.807, 2.05) is 32.0 Å². The molecule has 1 atom stereocenters. The van der Waals surface area contributed by atoms with Crippen LogP contribution in [-0.4, -0.2) is 63.1 Å². The number of halogens is 5. The van der Waals surface area contributed by atoms with Gasteiger partial charge in [-0.25, -0.2) is 17.5 Å². The van der Waals surface area contributed by atoms with Crippen LogP contribution in [0.1, 0.15) is 48.4 Å². The van der Waals surface area contributed by atoms with E-state index in [4.69, 9.17) is 0 Å². The quantitative estimate of drug-likeness (QED) is 0.296. The van der Waals surface area contributed by atoms with Gasteiger partial charge < -0.3 is 9.80 Å². The van der Waals surface area contributed by atoms with Crippen molar-refractivity contribution >= 4 is 38.5 Å². The first kappa shape index (κ1) is 31.8. The van der Waals surface area contributed by atoms with Crippen molar-refractivity contribution in [3.05, 3.63) is 68.0 Å². The summed E-state index contributed by atoms with van der Waals surface area (Å²) in [6, 6.07) is 8.45. The van der Waals surface area contributed by atoms with Gasteiger partial charge in [-0.2, -0.15) is 13.2 Å². The van der Waals surface area contributed by atoms with E-state index in [1.54, 1.807) is 7.05 Å². The average Bonchev–Trinajstić information content (AvgIpc) is 2.83. The third-order valence-electron chi connectivity index (χ3n) is 7.27. The van der Waals surface area contributed by atoms with Crippen molar-refractivity contribution in [1.29, 1.82) is 0 Å². The summed E-state index contributed by atoms with van der Waals surface area (Å²) < 4.78 is 79.9. The molecule has 216 valence electrons. The number of likely N-dealkylation sites (tertiary alicyclic amines) is 1. The number of rotatable bonds is 9. The van der Waals surface area contributed by atoms with Gasteiger partial charge in [0.05, 0.1) is 17.2 Å². The molecule has 6 nitrogen and oxygen atoms in total. The lowest BCUT2D eigenvalue weighted by molar-refractivity contribution is -0.140. The van der Waals surface area contributed by atoms with Crippen LogP contribution in [0.5, 0.6) is 0 Å². The number of alkyl halides is 3. The van der Waals surface area contributed by atoms with Crippen LogP contribution in [0.3, 0.4) is 0 Å². The lowest BCUT2D eigenvalue weighted by Gasteiger charge is -2.37. The second-order valence-electron chi connectivity index (χ2n) is 10.5. The topological polar surface area (TPSA) is 69.7 Å². The number of hydrogen-bond acceptors (Lipinski definition) is 4. The van der Waals surface area contributed by atoms with Crippen molar-refractivity contribution in [2.24, 2.45) is 0 Å². The van der Waals surface area contributed by atoms with E-state index in [1.165, 1.54) is 11.0 Å². The van der Waals surface area contributed by atoms with Crippen LogP contribution in [-0.2, 0) is 33.0 Å². The predicted molar refractivity (Wildman–Crippen MR) is 151 cm³/mol. The third-order valence-corrected chi connectivity index (χ3v) is 9.24. The molecule has 0 radical (unpaired) electrons. The molecule has 1 aliphatic heterocycles. The number of amides is 1. The van der Waals surface area contributed by atoms with E-state index in [-0.39, 0.29) is 24.1 Å². The summed E-state index contributed by atoms with van der Waals surface area (Å²) in [5.41, 5.74) is -0.180. The molecular weight excluding hydrogens is 649 g/mol. The van der Waals surface area contributed by atoms with Gasteiger partial charge in [-0.15, -0.1) is 0 Å². The normalized spacial score (nSPS) is 17.2. The lowest BCUT2D eigenvalue weighted by Crippen LogP contribution is -2.48. The van der Waals surface area contributed by atoms with Crippen LogP contribution >= 0.6 is 22.6 Å². The van der Waals surface area contributed by atoms with Gasteiger partial charge in [-0.1, -0.05) is 18.2 Å². The molecule has 12 heteroatoms. The van der Waals surface area contributed by atoms with E-state index < -0.39 is 33.0 Å². The Morgan fingerprint density at radius 3 is 2.33 bits per heavy atom. The molecule has 1 heterocycles. The molecule has 0 saturated carbocycles. The number of sulfonamides is 1. The minimum Gasteiger partial charge on any atom is -0.341 e. The van der Waals surface area contributed by atoms with Crippen molar-refractivity contribution in [3.8, 4) is 0 Å². The zero-order chi connectivity index (χ0) is 29.2. The van der Waals surface area contributed by atoms with Gasteiger partial charge in [0.15, 0.2) is 0 Å². The highest BCUT2D eigenvalue weighted by Gasteiger charge is 2.39. The van der Waals surface area contributed by atoms with Gasteiger partial charge in [0.2, 0.25) is 15.9 Å². The molecule has 1 saturated heterocycles. The summed E-state index contributed by atoms with van der Waals surface area (Å²) in [6.45, 7) is 5.74. The smallest absolute Gasteiger partial charge is 0.341 e. The van der Waals surface area contributed by atoms with E-state index >= 15 is 0 Å². The molecule has 2 aromatic carbocycles. The molecular formula is C27H34F4IN3O3S. The van der Waals surface area contributed by atoms with Crippen molar-refractivity contribution in [2.75, 3.05) is 32.9 Å². The summed E-state index contributed by atoms with van der Waals surface area (Å²) in [5.74, 6) is -1.59. The van der Waals surface area contributed by atoms with E-state index in [0.717, 1.165) is 27.0 Å². The summed E-state index contributed by atoms with van der Waals surface area (Å²) in [4.78, 5) is 17.5. The molecule has 0 aliphatic carbocycles. The number of nitrogens with zero attached hydrogens (tertiary/aromatic N) is 2. The zero-order valence-corrected chi connectivity index (χ0v) is 25.4. The third kappa shape index (κ3) is 8.37. The Hall–Kier alpha value is -1.77. The van der Waals surface area contributed by atoms with Crippen LogP contribution in [0.4, 0.5) is 17.6 Å². The minimum absolute atomic E-state index is 0.0462. The van der Waals surface area contributed by atoms with Gasteiger partial charge in [-0.05, 0) is 110 Å². The van der Waals surface area contributed by atoms with E-state index in [0.29, 0.717) is 45.0 Å². The number of carbonyl (C=O) groups is 1. The van der Waals surface area contributed by atoms with Gasteiger partial charge in [0.25, 0.3) is 0 Å². The Balaban J connectivity index is 1.78. The molecule has 1 aliphatic rings. The number of carbonyl (C=O) groups excluding carboxylic acids is 1. The maximum Gasteiger partial charge on any atom is 0.419 e. The monoisotopic (exact) mass is 683 g/mol. The predicted octanol–water partition coefficient (Wildman–Crippen LogP) is 5.08. The van der Waals surface area contributed by atoms with Crippen molar-refractivity contribution in [1.82, 2.24) is 14.5 Å². The number of hydrogen-bond donors (Lipinski definition) is 1. The molecule has 0 bridgehead atoms. The van der Waals surface area contributed by atoms with Gasteiger partial charge in [0, 0.05) is 23.2 Å². The molecule has 1 fully saturated rings. The first-order valence-corrected chi connectivity index (χ1v) is 15.5. The number of aryl methyl sites for hydroxylation is 1. The Kier molecular flexibility index (Phi) is 10.1. The Morgan fingerprint density at radius 2 is 1.79 bits per heavy atom. The number of benzene rings is 2. The van der Waals surface area contributed by atoms with Crippen LogP contribution in [0.2, 0.25) is 0 Å². The standard InChI is InChI=1S/C27H34F4IN3O3S/c1-18-15-20(6-8-24(18)32)26(2,11-14-35-12-9-21(10-13-35)33-39(4,37)38)25(36)34(3)17-19-5-7-22(23(28)16-19)27(29,30)31/h5-8,15-16,21,33H,9-14,17H2,1-4H3.